The van der Waals surface area contributed by atoms with Gasteiger partial charge in [-0.15, -0.1) is 40.8 Å². The molecule has 4 aliphatic rings. The van der Waals surface area contributed by atoms with Crippen molar-refractivity contribution in [2.75, 3.05) is 133 Å². The summed E-state index contributed by atoms with van der Waals surface area (Å²) >= 11 is 5.24. The number of aromatic nitrogens is 8. The zero-order valence-corrected chi connectivity index (χ0v) is 66.5. The standard InChI is InChI=1S/C35H39N7O4S.C20H19N5O3S.C20H21N5OS.C8H7N3S/c1-40(17-18-41-19-21-46-22-20-41)34(45)27-12-8-11-26(23-27)31(43)36-30-14-13-28(42-15-6-3-7-16-42)24-29(30)32(44)37-35-39-38-33(47-35)25-9-4-2-5-10-25;26-18(21-20-23-22-19(29-20)14-7-3-1-4-8-14)16-13-15(9-10-17(16)25(27)28)24-11-5-2-6-12-24;21-17-10-9-15(25-11-5-2-6-12-25)13-16(17)18(26)22-20-24-23-19(27-20)14-7-3-1-4-8-14;9-8-11-10-7(12-8)6-4-2-1-3-5-6/h2,4-5,8-14,23-24H,3,6-7,15-22H2,1H3,(H,36,43)(H,37,39,44);1,3-4,7-10,13H,2,5-6,11-12H2,(H,21,23,26);1,3-4,7-10,13H,2,5-6,11-12,21H2,(H,22,24,26);1-5H,(H2,9,11). The second-order valence-corrected chi connectivity index (χ2v) is 31.3. The number of likely N-dealkylation sites (N-methyl/N-ethyl adjacent to an activating group) is 1. The first-order valence-electron chi connectivity index (χ1n) is 37.9. The van der Waals surface area contributed by atoms with Crippen LogP contribution < -0.4 is 47.4 Å². The van der Waals surface area contributed by atoms with Crippen molar-refractivity contribution in [3.05, 3.63) is 238 Å². The Morgan fingerprint density at radius 1 is 0.426 bits per heavy atom. The van der Waals surface area contributed by atoms with Gasteiger partial charge in [-0.2, -0.15) is 0 Å². The largest absolute Gasteiger partial charge is 0.398 e. The van der Waals surface area contributed by atoms with Crippen LogP contribution in [-0.2, 0) is 4.74 Å². The fraction of sp³-hybridized carbons (Fsp3) is 0.265. The molecule has 4 saturated heterocycles. The zero-order valence-electron chi connectivity index (χ0n) is 63.2. The van der Waals surface area contributed by atoms with Crippen molar-refractivity contribution >= 4 is 130 Å². The van der Waals surface area contributed by atoms with E-state index < -0.39 is 22.6 Å². The number of piperidine rings is 3. The Hall–Kier alpha value is -12.3. The number of carbonyl (C=O) groups is 5. The third-order valence-corrected chi connectivity index (χ3v) is 22.9. The van der Waals surface area contributed by atoms with Crippen LogP contribution in [0.2, 0.25) is 0 Å². The number of hydrogen-bond acceptors (Lipinski definition) is 26. The minimum absolute atomic E-state index is 0.0227. The van der Waals surface area contributed by atoms with E-state index in [0.29, 0.717) is 83.9 Å². The van der Waals surface area contributed by atoms with Crippen molar-refractivity contribution in [2.45, 2.75) is 57.8 Å². The molecule has 0 radical (unpaired) electrons. The summed E-state index contributed by atoms with van der Waals surface area (Å²) in [5.41, 5.74) is 20.3. The molecule has 115 heavy (non-hydrogen) atoms. The topological polar surface area (TPSA) is 357 Å². The maximum atomic E-state index is 13.7. The van der Waals surface area contributed by atoms with Gasteiger partial charge in [-0.05, 0) is 125 Å². The lowest BCUT2D eigenvalue weighted by atomic mass is 10.1. The molecular weight excluding hydrogens is 1530 g/mol. The molecule has 4 fully saturated rings. The maximum Gasteiger partial charge on any atom is 0.282 e. The van der Waals surface area contributed by atoms with E-state index in [1.165, 1.54) is 83.5 Å². The van der Waals surface area contributed by atoms with E-state index in [1.54, 1.807) is 60.5 Å². The van der Waals surface area contributed by atoms with Gasteiger partial charge in [0.2, 0.25) is 20.5 Å². The molecule has 4 aliphatic heterocycles. The first kappa shape index (κ1) is 80.7. The molecule has 0 spiro atoms. The number of nitrogen functional groups attached to an aromatic ring is 2. The lowest BCUT2D eigenvalue weighted by molar-refractivity contribution is -0.385. The quantitative estimate of drug-likeness (QED) is 0.0234. The fourth-order valence-electron chi connectivity index (χ4n) is 13.2. The van der Waals surface area contributed by atoms with Crippen LogP contribution in [0, 0.1) is 10.1 Å². The molecule has 0 unspecified atom stereocenters. The second kappa shape index (κ2) is 39.9. The van der Waals surface area contributed by atoms with Crippen molar-refractivity contribution in [3.63, 3.8) is 0 Å². The van der Waals surface area contributed by atoms with Crippen molar-refractivity contribution < 1.29 is 33.6 Å². The van der Waals surface area contributed by atoms with Gasteiger partial charge in [0.15, 0.2) is 0 Å². The van der Waals surface area contributed by atoms with Gasteiger partial charge in [0.05, 0.1) is 35.0 Å². The summed E-state index contributed by atoms with van der Waals surface area (Å²) in [4.78, 5) is 87.6. The monoisotopic (exact) mass is 1620 g/mol. The number of nitrogens with zero attached hydrogens (tertiary/aromatic N) is 14. The molecule has 8 aromatic carbocycles. The minimum atomic E-state index is -0.564. The Labute approximate surface area is 680 Å². The van der Waals surface area contributed by atoms with Crippen LogP contribution in [0.1, 0.15) is 110 Å². The molecule has 0 atom stereocenters. The summed E-state index contributed by atoms with van der Waals surface area (Å²) in [6.07, 6.45) is 10.3. The summed E-state index contributed by atoms with van der Waals surface area (Å²) in [6.45, 7) is 10.1. The van der Waals surface area contributed by atoms with Gasteiger partial charge in [0.1, 0.15) is 25.6 Å². The van der Waals surface area contributed by atoms with Gasteiger partial charge >= 0.3 is 0 Å². The number of hydrogen-bond donors (Lipinski definition) is 6. The molecule has 5 amide bonds. The molecule has 32 heteroatoms. The van der Waals surface area contributed by atoms with Gasteiger partial charge in [0, 0.05) is 135 Å². The third kappa shape index (κ3) is 22.1. The maximum absolute atomic E-state index is 13.7. The highest BCUT2D eigenvalue weighted by Gasteiger charge is 2.27. The van der Waals surface area contributed by atoms with Gasteiger partial charge in [-0.25, -0.2) is 0 Å². The Morgan fingerprint density at radius 3 is 1.28 bits per heavy atom. The third-order valence-electron chi connectivity index (χ3n) is 19.4. The van der Waals surface area contributed by atoms with Crippen LogP contribution in [0.15, 0.2) is 200 Å². The van der Waals surface area contributed by atoms with Crippen molar-refractivity contribution in [3.8, 4) is 42.3 Å². The Kier molecular flexibility index (Phi) is 28.0. The molecule has 590 valence electrons. The molecular formula is C83H86N20O8S4. The number of nitrogens with one attached hydrogen (secondary N) is 4. The summed E-state index contributed by atoms with van der Waals surface area (Å²) in [7, 11) is 1.77. The predicted molar refractivity (Wildman–Crippen MR) is 457 cm³/mol. The molecule has 0 saturated carbocycles. The second-order valence-electron chi connectivity index (χ2n) is 27.3. The van der Waals surface area contributed by atoms with Gasteiger partial charge in [-0.1, -0.05) is 173 Å². The highest BCUT2D eigenvalue weighted by Crippen LogP contribution is 2.35. The molecule has 28 nitrogen and oxygen atoms in total. The molecule has 4 aromatic heterocycles. The molecule has 8 heterocycles. The normalized spacial score (nSPS) is 14.1. The smallest absolute Gasteiger partial charge is 0.282 e. The van der Waals surface area contributed by atoms with E-state index in [1.807, 2.05) is 146 Å². The SMILES string of the molecule is CN(CCN1CCOCC1)C(=O)c1cccc(C(=O)Nc2ccc(N3CCCCC3)cc2C(=O)Nc2nnc(-c3ccccc3)s2)c1.Nc1ccc(N2CCCCC2)cc1C(=O)Nc1nnc(-c2ccccc2)s1.Nc1nnc(-c2ccccc2)s1.O=C(Nc1nnc(-c2ccccc2)s1)c1cc(N2CCCCC2)ccc1[N+](=O)[O-]. The molecule has 16 rings (SSSR count). The predicted octanol–water partition coefficient (Wildman–Crippen LogP) is 15.3. The number of nitrogens with two attached hydrogens (primary N) is 2. The summed E-state index contributed by atoms with van der Waals surface area (Å²) in [6, 6.07) is 61.3. The number of nitro groups is 1. The highest BCUT2D eigenvalue weighted by atomic mass is 32.1. The van der Waals surface area contributed by atoms with Gasteiger partial charge in [-0.3, -0.25) is 54.9 Å². The Morgan fingerprint density at radius 2 is 0.826 bits per heavy atom. The van der Waals surface area contributed by atoms with E-state index in [9.17, 15) is 34.1 Å². The number of amides is 5. The molecule has 12 aromatic rings. The van der Waals surface area contributed by atoms with Gasteiger partial charge in [0.25, 0.3) is 35.2 Å². The van der Waals surface area contributed by atoms with Crippen LogP contribution in [0.5, 0.6) is 0 Å². The lowest BCUT2D eigenvalue weighted by Crippen LogP contribution is -2.41. The summed E-state index contributed by atoms with van der Waals surface area (Å²) in [5, 5.41) is 59.8. The Balaban J connectivity index is 0.000000145. The molecule has 0 bridgehead atoms. The number of anilines is 9. The highest BCUT2D eigenvalue weighted by molar-refractivity contribution is 7.19. The lowest BCUT2D eigenvalue weighted by Gasteiger charge is -2.29. The summed E-state index contributed by atoms with van der Waals surface area (Å²) < 4.78 is 5.41. The van der Waals surface area contributed by atoms with Crippen LogP contribution in [-0.4, -0.2) is 171 Å². The van der Waals surface area contributed by atoms with Crippen LogP contribution >= 0.6 is 45.3 Å². The number of ether oxygens (including phenoxy) is 1. The first-order valence-corrected chi connectivity index (χ1v) is 41.2. The van der Waals surface area contributed by atoms with E-state index in [0.717, 1.165) is 134 Å². The van der Waals surface area contributed by atoms with E-state index >= 15 is 0 Å². The van der Waals surface area contributed by atoms with Crippen molar-refractivity contribution in [2.24, 2.45) is 0 Å². The number of morpholine rings is 1. The van der Waals surface area contributed by atoms with Crippen LogP contribution in [0.3, 0.4) is 0 Å². The first-order chi connectivity index (χ1) is 56.1. The molecule has 8 N–H and O–H groups in total. The summed E-state index contributed by atoms with van der Waals surface area (Å²) in [5.74, 6) is -1.81. The zero-order chi connectivity index (χ0) is 79.8. The average Bonchev–Trinajstić information content (AvgIpc) is 1.56. The number of nitro benzene ring substituents is 1. The van der Waals surface area contributed by atoms with E-state index in [4.69, 9.17) is 16.2 Å². The van der Waals surface area contributed by atoms with Crippen molar-refractivity contribution in [1.29, 1.82) is 0 Å². The van der Waals surface area contributed by atoms with E-state index in [-0.39, 0.29) is 23.1 Å². The number of carbonyl (C=O) groups excluding carboxylic acids is 5. The van der Waals surface area contributed by atoms with Crippen molar-refractivity contribution in [1.82, 2.24) is 50.6 Å². The fourth-order valence-corrected chi connectivity index (χ4v) is 16.1. The molecule has 0 aliphatic carbocycles. The average molecular weight is 1620 g/mol. The Bertz CT molecular complexity index is 5270. The van der Waals surface area contributed by atoms with Gasteiger partial charge < -0.3 is 41.1 Å². The van der Waals surface area contributed by atoms with Crippen LogP contribution in [0.4, 0.5) is 54.7 Å². The minimum Gasteiger partial charge on any atom is -0.398 e. The van der Waals surface area contributed by atoms with Crippen LogP contribution in [0.25, 0.3) is 42.3 Å². The number of benzene rings is 8. The number of rotatable bonds is 20. The van der Waals surface area contributed by atoms with E-state index in [2.05, 4.69) is 81.7 Å².